The molecule has 1 aliphatic carbocycles. The van der Waals surface area contributed by atoms with Crippen molar-refractivity contribution in [1.29, 1.82) is 0 Å². The molecule has 0 saturated carbocycles. The average molecular weight is 363 g/mol. The number of aromatic nitrogens is 2. The molecule has 4 rings (SSSR count). The van der Waals surface area contributed by atoms with Crippen molar-refractivity contribution in [3.05, 3.63) is 74.7 Å². The maximum Gasteiger partial charge on any atom is 0.264 e. The number of benzene rings is 2. The zero-order chi connectivity index (χ0) is 19.0. The molecule has 1 aliphatic rings. The smallest absolute Gasteiger partial charge is 0.264 e. The molecule has 1 aromatic heterocycles. The summed E-state index contributed by atoms with van der Waals surface area (Å²) in [5.74, 6) is 1.67. The molecular weight excluding hydrogens is 342 g/mol. The fourth-order valence-corrected chi connectivity index (χ4v) is 3.63. The third kappa shape index (κ3) is 3.38. The van der Waals surface area contributed by atoms with Crippen molar-refractivity contribution in [1.82, 2.24) is 10.2 Å². The van der Waals surface area contributed by atoms with E-state index in [1.807, 2.05) is 13.0 Å². The summed E-state index contributed by atoms with van der Waals surface area (Å²) in [5.41, 5.74) is 11.4. The van der Waals surface area contributed by atoms with Crippen molar-refractivity contribution in [3.63, 3.8) is 0 Å². The molecule has 6 heteroatoms. The van der Waals surface area contributed by atoms with E-state index in [1.54, 1.807) is 24.3 Å². The molecule has 27 heavy (non-hydrogen) atoms. The first kappa shape index (κ1) is 17.1. The number of rotatable bonds is 4. The summed E-state index contributed by atoms with van der Waals surface area (Å²) in [4.78, 5) is 11.2. The van der Waals surface area contributed by atoms with Crippen LogP contribution in [0.2, 0.25) is 0 Å². The monoisotopic (exact) mass is 363 g/mol. The van der Waals surface area contributed by atoms with Gasteiger partial charge in [-0.15, -0.1) is 0 Å². The molecule has 3 aromatic rings. The lowest BCUT2D eigenvalue weighted by molar-refractivity contribution is 0.455. The van der Waals surface area contributed by atoms with E-state index >= 15 is 0 Å². The first-order valence-corrected chi connectivity index (χ1v) is 8.96. The number of hydrogen-bond donors (Lipinski definition) is 3. The summed E-state index contributed by atoms with van der Waals surface area (Å²) in [7, 11) is 0. The van der Waals surface area contributed by atoms with E-state index in [4.69, 9.17) is 10.5 Å². The maximum absolute atomic E-state index is 11.2. The number of hydrogen-bond acceptors (Lipinski definition) is 5. The van der Waals surface area contributed by atoms with Crippen LogP contribution in [-0.4, -0.2) is 15.3 Å². The van der Waals surface area contributed by atoms with Crippen LogP contribution in [0.15, 0.2) is 41.2 Å². The topological polar surface area (TPSA) is 101 Å². The minimum atomic E-state index is -0.257. The average Bonchev–Trinajstić information content (AvgIpc) is 3.13. The minimum absolute atomic E-state index is 0.162. The predicted octanol–water partition coefficient (Wildman–Crippen LogP) is 3.24. The van der Waals surface area contributed by atoms with Gasteiger partial charge in [-0.1, -0.05) is 0 Å². The number of phenolic OH excluding ortho intramolecular Hbond substituents is 1. The summed E-state index contributed by atoms with van der Waals surface area (Å²) < 4.78 is 6.21. The fourth-order valence-electron chi connectivity index (χ4n) is 3.63. The second-order valence-corrected chi connectivity index (χ2v) is 6.90. The van der Waals surface area contributed by atoms with Crippen molar-refractivity contribution in [2.24, 2.45) is 0 Å². The van der Waals surface area contributed by atoms with Gasteiger partial charge in [-0.3, -0.25) is 4.79 Å². The summed E-state index contributed by atoms with van der Waals surface area (Å²) in [6.07, 6.45) is 3.41. The molecule has 0 saturated heterocycles. The maximum atomic E-state index is 11.2. The number of nitrogens with zero attached hydrogens (tertiary/aromatic N) is 1. The molecule has 0 aliphatic heterocycles. The van der Waals surface area contributed by atoms with Crippen LogP contribution in [0.25, 0.3) is 0 Å². The molecule has 0 unspecified atom stereocenters. The lowest BCUT2D eigenvalue weighted by atomic mass is 10.0. The molecule has 0 bridgehead atoms. The van der Waals surface area contributed by atoms with Gasteiger partial charge >= 0.3 is 0 Å². The Balaban J connectivity index is 1.65. The number of aryl methyl sites for hydroxylation is 1. The van der Waals surface area contributed by atoms with Crippen molar-refractivity contribution < 1.29 is 9.84 Å². The summed E-state index contributed by atoms with van der Waals surface area (Å²) in [5, 5.41) is 16.6. The van der Waals surface area contributed by atoms with Gasteiger partial charge in [0.25, 0.3) is 5.56 Å². The van der Waals surface area contributed by atoms with Crippen molar-refractivity contribution >= 4 is 5.69 Å². The SMILES string of the molecule is Cc1cc(N)c2c(c1Oc1ccc(O)c(Cc3ccc(=O)[nH]n3)c1)CCC2. The Morgan fingerprint density at radius 2 is 2.00 bits per heavy atom. The lowest BCUT2D eigenvalue weighted by Gasteiger charge is -2.16. The number of nitrogens with two attached hydrogens (primary N) is 1. The molecule has 0 atom stereocenters. The Hall–Kier alpha value is -3.28. The number of anilines is 1. The van der Waals surface area contributed by atoms with E-state index in [9.17, 15) is 9.90 Å². The number of aromatic amines is 1. The van der Waals surface area contributed by atoms with Gasteiger partial charge in [0.15, 0.2) is 0 Å². The number of aromatic hydroxyl groups is 1. The van der Waals surface area contributed by atoms with E-state index < -0.39 is 0 Å². The second-order valence-electron chi connectivity index (χ2n) is 6.90. The van der Waals surface area contributed by atoms with Gasteiger partial charge in [-0.25, -0.2) is 5.10 Å². The highest BCUT2D eigenvalue weighted by Crippen LogP contribution is 2.40. The van der Waals surface area contributed by atoms with Crippen LogP contribution in [-0.2, 0) is 19.3 Å². The van der Waals surface area contributed by atoms with Crippen LogP contribution in [0.5, 0.6) is 17.2 Å². The van der Waals surface area contributed by atoms with Gasteiger partial charge < -0.3 is 15.6 Å². The first-order chi connectivity index (χ1) is 13.0. The normalized spacial score (nSPS) is 12.8. The van der Waals surface area contributed by atoms with E-state index in [1.165, 1.54) is 17.2 Å². The van der Waals surface area contributed by atoms with Gasteiger partial charge in [0, 0.05) is 29.3 Å². The molecule has 0 fully saturated rings. The zero-order valence-electron chi connectivity index (χ0n) is 15.1. The number of H-pyrrole nitrogens is 1. The van der Waals surface area contributed by atoms with Crippen LogP contribution in [0.4, 0.5) is 5.69 Å². The molecule has 0 spiro atoms. The van der Waals surface area contributed by atoms with Gasteiger partial charge in [0.1, 0.15) is 17.2 Å². The van der Waals surface area contributed by atoms with E-state index in [0.717, 1.165) is 36.3 Å². The Morgan fingerprint density at radius 1 is 1.19 bits per heavy atom. The molecule has 2 aromatic carbocycles. The lowest BCUT2D eigenvalue weighted by Crippen LogP contribution is -2.07. The Kier molecular flexibility index (Phi) is 4.32. The van der Waals surface area contributed by atoms with Crippen LogP contribution in [0, 0.1) is 6.92 Å². The Labute approximate surface area is 156 Å². The highest BCUT2D eigenvalue weighted by Gasteiger charge is 2.21. The number of phenols is 1. The largest absolute Gasteiger partial charge is 0.508 e. The van der Waals surface area contributed by atoms with Crippen molar-refractivity contribution in [2.75, 3.05) is 5.73 Å². The highest BCUT2D eigenvalue weighted by atomic mass is 16.5. The standard InChI is InChI=1S/C21H21N3O3/c1-12-9-18(22)16-3-2-4-17(16)21(12)27-15-6-7-19(25)13(11-15)10-14-5-8-20(26)24-23-14/h5-9,11,25H,2-4,10,22H2,1H3,(H,24,26). The molecule has 138 valence electrons. The molecule has 4 N–H and O–H groups in total. The van der Waals surface area contributed by atoms with Crippen molar-refractivity contribution in [3.8, 4) is 17.2 Å². The molecule has 0 amide bonds. The second kappa shape index (κ2) is 6.79. The van der Waals surface area contributed by atoms with Crippen LogP contribution < -0.4 is 16.0 Å². The minimum Gasteiger partial charge on any atom is -0.508 e. The van der Waals surface area contributed by atoms with E-state index in [0.29, 0.717) is 23.4 Å². The van der Waals surface area contributed by atoms with Crippen LogP contribution in [0.3, 0.4) is 0 Å². The number of ether oxygens (including phenoxy) is 1. The number of nitrogens with one attached hydrogen (secondary N) is 1. The predicted molar refractivity (Wildman–Crippen MR) is 103 cm³/mol. The molecule has 1 heterocycles. The van der Waals surface area contributed by atoms with E-state index in [2.05, 4.69) is 10.2 Å². The third-order valence-electron chi connectivity index (χ3n) is 4.95. The summed E-state index contributed by atoms with van der Waals surface area (Å²) >= 11 is 0. The summed E-state index contributed by atoms with van der Waals surface area (Å²) in [6, 6.07) is 10.2. The Bertz CT molecular complexity index is 1050. The van der Waals surface area contributed by atoms with Gasteiger partial charge in [-0.2, -0.15) is 5.10 Å². The third-order valence-corrected chi connectivity index (χ3v) is 4.95. The van der Waals surface area contributed by atoms with Gasteiger partial charge in [0.05, 0.1) is 5.69 Å². The van der Waals surface area contributed by atoms with Crippen molar-refractivity contribution in [2.45, 2.75) is 32.6 Å². The van der Waals surface area contributed by atoms with Gasteiger partial charge in [0.2, 0.25) is 0 Å². The Morgan fingerprint density at radius 3 is 2.78 bits per heavy atom. The number of fused-ring (bicyclic) bond motifs is 1. The number of nitrogen functional groups attached to an aromatic ring is 1. The quantitative estimate of drug-likeness (QED) is 0.618. The van der Waals surface area contributed by atoms with Crippen LogP contribution in [0.1, 0.15) is 34.4 Å². The summed E-state index contributed by atoms with van der Waals surface area (Å²) in [6.45, 7) is 2.00. The van der Waals surface area contributed by atoms with Crippen LogP contribution >= 0.6 is 0 Å². The van der Waals surface area contributed by atoms with Gasteiger partial charge in [-0.05, 0) is 67.6 Å². The molecule has 6 nitrogen and oxygen atoms in total. The molecular formula is C21H21N3O3. The fraction of sp³-hybridized carbons (Fsp3) is 0.238. The zero-order valence-corrected chi connectivity index (χ0v) is 15.1. The van der Waals surface area contributed by atoms with E-state index in [-0.39, 0.29) is 11.3 Å². The highest BCUT2D eigenvalue weighted by molar-refractivity contribution is 5.62. The molecule has 0 radical (unpaired) electrons. The first-order valence-electron chi connectivity index (χ1n) is 8.96.